The van der Waals surface area contributed by atoms with E-state index in [1.54, 1.807) is 0 Å². The fraction of sp³-hybridized carbons (Fsp3) is 0.364. The Morgan fingerprint density at radius 2 is 1.52 bits per heavy atom. The molecule has 0 amide bonds. The number of nitrogens with zero attached hydrogens (tertiary/aromatic N) is 3. The van der Waals surface area contributed by atoms with Crippen LogP contribution >= 0.6 is 0 Å². The van der Waals surface area contributed by atoms with Crippen molar-refractivity contribution in [3.8, 4) is 0 Å². The maximum Gasteiger partial charge on any atom is 0.414 e. The van der Waals surface area contributed by atoms with Gasteiger partial charge in [-0.3, -0.25) is 4.90 Å². The van der Waals surface area contributed by atoms with Gasteiger partial charge in [-0.2, -0.15) is 0 Å². The standard InChI is InChI=1S/C20H25N3.C2H2O4/c1-3-23-19-7-5-4-6-17(19)18-9-8-16(14-20(18)23)15-22-12-10-21(2)11-13-22;3-1(4)2(5)6/h4-9,14H,3,10-13,15H2,1-2H3;(H,3,4)(H,5,6). The van der Waals surface area contributed by atoms with Crippen LogP contribution in [0, 0.1) is 0 Å². The molecule has 0 atom stereocenters. The molecule has 29 heavy (non-hydrogen) atoms. The molecule has 0 aliphatic carbocycles. The molecule has 7 heteroatoms. The summed E-state index contributed by atoms with van der Waals surface area (Å²) in [7, 11) is 2.21. The number of aliphatic carboxylic acids is 2. The van der Waals surface area contributed by atoms with Crippen LogP contribution < -0.4 is 0 Å². The van der Waals surface area contributed by atoms with Crippen LogP contribution in [0.1, 0.15) is 12.5 Å². The van der Waals surface area contributed by atoms with E-state index in [0.29, 0.717) is 0 Å². The smallest absolute Gasteiger partial charge is 0.414 e. The van der Waals surface area contributed by atoms with E-state index in [4.69, 9.17) is 19.8 Å². The summed E-state index contributed by atoms with van der Waals surface area (Å²) in [6, 6.07) is 15.8. The molecule has 1 aliphatic rings. The molecule has 2 heterocycles. The molecular weight excluding hydrogens is 370 g/mol. The molecule has 0 saturated carbocycles. The molecule has 1 aromatic heterocycles. The Labute approximate surface area is 169 Å². The summed E-state index contributed by atoms with van der Waals surface area (Å²) < 4.78 is 2.44. The maximum absolute atomic E-state index is 9.10. The summed E-state index contributed by atoms with van der Waals surface area (Å²) in [6.07, 6.45) is 0. The first-order valence-corrected chi connectivity index (χ1v) is 9.77. The number of rotatable bonds is 3. The summed E-state index contributed by atoms with van der Waals surface area (Å²) >= 11 is 0. The summed E-state index contributed by atoms with van der Waals surface area (Å²) in [4.78, 5) is 23.2. The van der Waals surface area contributed by atoms with E-state index in [1.165, 1.54) is 53.5 Å². The SMILES string of the molecule is CCn1c2ccccc2c2ccc(CN3CCN(C)CC3)cc21.O=C(O)C(=O)O. The number of likely N-dealkylation sites (N-methyl/N-ethyl adjacent to an activating group) is 1. The first kappa shape index (κ1) is 20.8. The minimum Gasteiger partial charge on any atom is -0.473 e. The van der Waals surface area contributed by atoms with Gasteiger partial charge in [0.05, 0.1) is 0 Å². The lowest BCUT2D eigenvalue weighted by Gasteiger charge is -2.32. The molecule has 0 radical (unpaired) electrons. The molecule has 154 valence electrons. The number of piperazine rings is 1. The van der Waals surface area contributed by atoms with Crippen molar-refractivity contribution in [1.82, 2.24) is 14.4 Å². The molecule has 2 aromatic carbocycles. The molecule has 3 aromatic rings. The number of carboxylic acid groups (broad SMARTS) is 2. The Bertz CT molecular complexity index is 1010. The lowest BCUT2D eigenvalue weighted by atomic mass is 10.1. The number of fused-ring (bicyclic) bond motifs is 3. The number of carboxylic acids is 2. The highest BCUT2D eigenvalue weighted by molar-refractivity contribution is 6.27. The molecule has 0 bridgehead atoms. The second-order valence-electron chi connectivity index (χ2n) is 7.30. The van der Waals surface area contributed by atoms with Gasteiger partial charge < -0.3 is 19.7 Å². The van der Waals surface area contributed by atoms with Crippen molar-refractivity contribution in [3.63, 3.8) is 0 Å². The third kappa shape index (κ3) is 4.75. The quantitative estimate of drug-likeness (QED) is 0.661. The van der Waals surface area contributed by atoms with Crippen LogP contribution in [0.4, 0.5) is 0 Å². The normalized spacial score (nSPS) is 15.2. The largest absolute Gasteiger partial charge is 0.473 e. The predicted octanol–water partition coefficient (Wildman–Crippen LogP) is 2.72. The van der Waals surface area contributed by atoms with Crippen molar-refractivity contribution in [1.29, 1.82) is 0 Å². The summed E-state index contributed by atoms with van der Waals surface area (Å²) in [5.41, 5.74) is 4.15. The van der Waals surface area contributed by atoms with Gasteiger partial charge in [0.2, 0.25) is 0 Å². The molecule has 4 rings (SSSR count). The summed E-state index contributed by atoms with van der Waals surface area (Å²) in [5, 5.41) is 17.5. The zero-order chi connectivity index (χ0) is 21.0. The molecule has 0 spiro atoms. The van der Waals surface area contributed by atoms with Crippen LogP contribution in [0.15, 0.2) is 42.5 Å². The van der Waals surface area contributed by atoms with Crippen LogP contribution in [-0.4, -0.2) is 69.7 Å². The lowest BCUT2D eigenvalue weighted by molar-refractivity contribution is -0.159. The fourth-order valence-electron chi connectivity index (χ4n) is 3.80. The monoisotopic (exact) mass is 397 g/mol. The molecular formula is C22H27N3O4. The number of aromatic nitrogens is 1. The molecule has 2 N–H and O–H groups in total. The molecule has 1 saturated heterocycles. The van der Waals surface area contributed by atoms with Crippen molar-refractivity contribution in [2.45, 2.75) is 20.0 Å². The van der Waals surface area contributed by atoms with Gasteiger partial charge in [-0.1, -0.05) is 30.3 Å². The molecule has 1 aliphatic heterocycles. The van der Waals surface area contributed by atoms with Gasteiger partial charge in [0.1, 0.15) is 0 Å². The van der Waals surface area contributed by atoms with Gasteiger partial charge in [-0.05, 0) is 31.7 Å². The number of carbonyl (C=O) groups is 2. The van der Waals surface area contributed by atoms with Gasteiger partial charge in [0.25, 0.3) is 0 Å². The first-order chi connectivity index (χ1) is 13.9. The molecule has 7 nitrogen and oxygen atoms in total. The highest BCUT2D eigenvalue weighted by atomic mass is 16.4. The predicted molar refractivity (Wildman–Crippen MR) is 113 cm³/mol. The van der Waals surface area contributed by atoms with Crippen LogP contribution in [0.3, 0.4) is 0 Å². The van der Waals surface area contributed by atoms with Crippen LogP contribution in [0.5, 0.6) is 0 Å². The summed E-state index contributed by atoms with van der Waals surface area (Å²) in [5.74, 6) is -3.65. The Morgan fingerprint density at radius 3 is 2.14 bits per heavy atom. The average Bonchev–Trinajstić information content (AvgIpc) is 3.03. The average molecular weight is 397 g/mol. The van der Waals surface area contributed by atoms with Crippen molar-refractivity contribution in [2.24, 2.45) is 0 Å². The Morgan fingerprint density at radius 1 is 0.897 bits per heavy atom. The number of benzene rings is 2. The molecule has 1 fully saturated rings. The van der Waals surface area contributed by atoms with E-state index < -0.39 is 11.9 Å². The van der Waals surface area contributed by atoms with Crippen LogP contribution in [0.25, 0.3) is 21.8 Å². The third-order valence-electron chi connectivity index (χ3n) is 5.34. The van der Waals surface area contributed by atoms with Gasteiger partial charge >= 0.3 is 11.9 Å². The second-order valence-corrected chi connectivity index (χ2v) is 7.30. The van der Waals surface area contributed by atoms with Crippen LogP contribution in [-0.2, 0) is 22.7 Å². The maximum atomic E-state index is 9.10. The Balaban J connectivity index is 0.000000353. The number of aryl methyl sites for hydroxylation is 1. The Kier molecular flexibility index (Phi) is 6.51. The number of hydrogen-bond donors (Lipinski definition) is 2. The lowest BCUT2D eigenvalue weighted by Crippen LogP contribution is -2.43. The second kappa shape index (κ2) is 9.07. The fourth-order valence-corrected chi connectivity index (χ4v) is 3.80. The first-order valence-electron chi connectivity index (χ1n) is 9.77. The van der Waals surface area contributed by atoms with Crippen LogP contribution in [0.2, 0.25) is 0 Å². The van der Waals surface area contributed by atoms with E-state index in [2.05, 4.69) is 70.8 Å². The number of para-hydroxylation sites is 1. The molecule has 0 unspecified atom stereocenters. The van der Waals surface area contributed by atoms with E-state index in [0.717, 1.165) is 13.1 Å². The van der Waals surface area contributed by atoms with E-state index >= 15 is 0 Å². The zero-order valence-electron chi connectivity index (χ0n) is 16.8. The topological polar surface area (TPSA) is 86.0 Å². The van der Waals surface area contributed by atoms with E-state index in [1.807, 2.05) is 0 Å². The highest BCUT2D eigenvalue weighted by Gasteiger charge is 2.15. The van der Waals surface area contributed by atoms with Gasteiger partial charge in [0.15, 0.2) is 0 Å². The van der Waals surface area contributed by atoms with Crippen molar-refractivity contribution in [2.75, 3.05) is 33.2 Å². The van der Waals surface area contributed by atoms with E-state index in [9.17, 15) is 0 Å². The minimum absolute atomic E-state index is 1.02. The highest BCUT2D eigenvalue weighted by Crippen LogP contribution is 2.29. The zero-order valence-corrected chi connectivity index (χ0v) is 16.8. The van der Waals surface area contributed by atoms with Gasteiger partial charge in [-0.15, -0.1) is 0 Å². The minimum atomic E-state index is -1.82. The van der Waals surface area contributed by atoms with Gasteiger partial charge in [0, 0.05) is 61.1 Å². The third-order valence-corrected chi connectivity index (χ3v) is 5.34. The Hall–Kier alpha value is -2.90. The summed E-state index contributed by atoms with van der Waals surface area (Å²) in [6.45, 7) is 9.02. The van der Waals surface area contributed by atoms with Crippen molar-refractivity contribution in [3.05, 3.63) is 48.0 Å². The van der Waals surface area contributed by atoms with Crippen molar-refractivity contribution >= 4 is 33.7 Å². The van der Waals surface area contributed by atoms with Gasteiger partial charge in [-0.25, -0.2) is 9.59 Å². The number of hydrogen-bond acceptors (Lipinski definition) is 4. The van der Waals surface area contributed by atoms with E-state index in [-0.39, 0.29) is 0 Å². The van der Waals surface area contributed by atoms with Crippen molar-refractivity contribution < 1.29 is 19.8 Å².